The van der Waals surface area contributed by atoms with E-state index in [-0.39, 0.29) is 11.8 Å². The number of thioether (sulfide) groups is 2. The number of nitrogens with zero attached hydrogens (tertiary/aromatic N) is 1. The molecule has 0 aliphatic carbocycles. The summed E-state index contributed by atoms with van der Waals surface area (Å²) >= 11 is 3.26. The second kappa shape index (κ2) is 9.06. The van der Waals surface area contributed by atoms with Crippen LogP contribution in [0.5, 0.6) is 0 Å². The second-order valence-corrected chi connectivity index (χ2v) is 5.79. The van der Waals surface area contributed by atoms with Gasteiger partial charge >= 0.3 is 5.97 Å². The summed E-state index contributed by atoms with van der Waals surface area (Å²) in [6.07, 6.45) is 1.63. The Morgan fingerprint density at radius 2 is 2.20 bits per heavy atom. The van der Waals surface area contributed by atoms with Crippen molar-refractivity contribution < 1.29 is 14.7 Å². The Labute approximate surface area is 98.8 Å². The smallest absolute Gasteiger partial charge is 0.304 e. The van der Waals surface area contributed by atoms with Crippen LogP contribution in [-0.4, -0.2) is 52.6 Å². The van der Waals surface area contributed by atoms with E-state index < -0.39 is 5.97 Å². The van der Waals surface area contributed by atoms with Crippen LogP contribution in [0.25, 0.3) is 0 Å². The van der Waals surface area contributed by atoms with Gasteiger partial charge in [-0.05, 0) is 14.1 Å². The number of carboxylic acid groups (broad SMARTS) is 1. The van der Waals surface area contributed by atoms with Crippen molar-refractivity contribution in [3.63, 3.8) is 0 Å². The summed E-state index contributed by atoms with van der Waals surface area (Å²) in [5.41, 5.74) is 0. The van der Waals surface area contributed by atoms with Gasteiger partial charge in [0.15, 0.2) is 0 Å². The first-order valence-corrected chi connectivity index (χ1v) is 6.79. The topological polar surface area (TPSA) is 57.6 Å². The number of rotatable bonds is 9. The highest BCUT2D eigenvalue weighted by atomic mass is 32.2. The maximum atomic E-state index is 10.4. The lowest BCUT2D eigenvalue weighted by molar-refractivity contribution is -0.136. The van der Waals surface area contributed by atoms with Crippen LogP contribution >= 0.6 is 23.5 Å². The lowest BCUT2D eigenvalue weighted by Crippen LogP contribution is -2.25. The standard InChI is InChI=1S/C9H17NO3S2/c1-10(2)8(3-5-11)15-7-14-6-4-9(12)13/h5,8H,3-4,6-7H2,1-2H3,(H,12,13). The highest BCUT2D eigenvalue weighted by molar-refractivity contribution is 8.16. The third kappa shape index (κ3) is 8.77. The average molecular weight is 251 g/mol. The molecule has 0 aliphatic heterocycles. The van der Waals surface area contributed by atoms with Crippen molar-refractivity contribution >= 4 is 35.8 Å². The van der Waals surface area contributed by atoms with Crippen molar-refractivity contribution in [1.82, 2.24) is 4.90 Å². The molecule has 6 heteroatoms. The van der Waals surface area contributed by atoms with Crippen LogP contribution in [0.4, 0.5) is 0 Å². The van der Waals surface area contributed by atoms with Crippen molar-refractivity contribution in [3.05, 3.63) is 0 Å². The first-order valence-electron chi connectivity index (χ1n) is 4.59. The van der Waals surface area contributed by atoms with Gasteiger partial charge in [0.1, 0.15) is 6.29 Å². The third-order valence-corrected chi connectivity index (χ3v) is 4.38. The van der Waals surface area contributed by atoms with E-state index in [4.69, 9.17) is 5.11 Å². The van der Waals surface area contributed by atoms with Crippen molar-refractivity contribution in [3.8, 4) is 0 Å². The molecular weight excluding hydrogens is 234 g/mol. The lowest BCUT2D eigenvalue weighted by Gasteiger charge is -2.21. The maximum Gasteiger partial charge on any atom is 0.304 e. The largest absolute Gasteiger partial charge is 0.481 e. The van der Waals surface area contributed by atoms with Gasteiger partial charge in [-0.1, -0.05) is 0 Å². The normalized spacial score (nSPS) is 12.7. The monoisotopic (exact) mass is 251 g/mol. The second-order valence-electron chi connectivity index (χ2n) is 3.16. The van der Waals surface area contributed by atoms with Crippen molar-refractivity contribution in [2.24, 2.45) is 0 Å². The molecule has 0 saturated carbocycles. The summed E-state index contributed by atoms with van der Waals surface area (Å²) in [6.45, 7) is 0. The molecule has 0 aromatic rings. The van der Waals surface area contributed by atoms with Gasteiger partial charge in [0.2, 0.25) is 0 Å². The van der Waals surface area contributed by atoms with E-state index in [0.29, 0.717) is 12.2 Å². The molecular formula is C9H17NO3S2. The van der Waals surface area contributed by atoms with Gasteiger partial charge < -0.3 is 9.90 Å². The van der Waals surface area contributed by atoms with Crippen LogP contribution in [0.3, 0.4) is 0 Å². The Balaban J connectivity index is 3.53. The highest BCUT2D eigenvalue weighted by Gasteiger charge is 2.10. The molecule has 0 fully saturated rings. The third-order valence-electron chi connectivity index (χ3n) is 1.68. The van der Waals surface area contributed by atoms with Gasteiger partial charge in [-0.2, -0.15) is 11.8 Å². The van der Waals surface area contributed by atoms with Gasteiger partial charge in [0.25, 0.3) is 0 Å². The van der Waals surface area contributed by atoms with Gasteiger partial charge in [-0.15, -0.1) is 11.8 Å². The molecule has 0 bridgehead atoms. The Kier molecular flexibility index (Phi) is 8.94. The number of carbonyl (C=O) groups is 2. The SMILES string of the molecule is CN(C)C(CC=O)SCSCCC(=O)O. The number of aliphatic carboxylic acids is 1. The molecule has 0 heterocycles. The molecule has 88 valence electrons. The Morgan fingerprint density at radius 1 is 1.53 bits per heavy atom. The minimum Gasteiger partial charge on any atom is -0.481 e. The van der Waals surface area contributed by atoms with Crippen LogP contribution in [0.2, 0.25) is 0 Å². The molecule has 0 aromatic carbocycles. The van der Waals surface area contributed by atoms with E-state index in [2.05, 4.69) is 0 Å². The van der Waals surface area contributed by atoms with E-state index in [1.165, 1.54) is 0 Å². The van der Waals surface area contributed by atoms with E-state index in [9.17, 15) is 9.59 Å². The first-order chi connectivity index (χ1) is 7.07. The van der Waals surface area contributed by atoms with E-state index in [1.54, 1.807) is 23.5 Å². The summed E-state index contributed by atoms with van der Waals surface area (Å²) < 4.78 is 0. The summed E-state index contributed by atoms with van der Waals surface area (Å²) in [7, 11) is 3.87. The zero-order valence-electron chi connectivity index (χ0n) is 9.01. The lowest BCUT2D eigenvalue weighted by atomic mass is 10.4. The highest BCUT2D eigenvalue weighted by Crippen LogP contribution is 2.21. The molecule has 0 aromatic heterocycles. The first kappa shape index (κ1) is 14.8. The van der Waals surface area contributed by atoms with Crippen molar-refractivity contribution in [2.45, 2.75) is 18.2 Å². The van der Waals surface area contributed by atoms with Crippen LogP contribution in [-0.2, 0) is 9.59 Å². The van der Waals surface area contributed by atoms with Crippen LogP contribution < -0.4 is 0 Å². The number of carbonyl (C=O) groups excluding carboxylic acids is 1. The Hall–Kier alpha value is -0.200. The predicted octanol–water partition coefficient (Wildman–Crippen LogP) is 1.36. The van der Waals surface area contributed by atoms with E-state index in [1.807, 2.05) is 19.0 Å². The predicted molar refractivity (Wildman–Crippen MR) is 65.3 cm³/mol. The molecule has 1 atom stereocenters. The van der Waals surface area contributed by atoms with Gasteiger partial charge in [-0.25, -0.2) is 0 Å². The van der Waals surface area contributed by atoms with Crippen LogP contribution in [0, 0.1) is 0 Å². The zero-order valence-corrected chi connectivity index (χ0v) is 10.6. The molecule has 1 N–H and O–H groups in total. The number of hydrogen-bond acceptors (Lipinski definition) is 5. The van der Waals surface area contributed by atoms with Crippen molar-refractivity contribution in [1.29, 1.82) is 0 Å². The van der Waals surface area contributed by atoms with Gasteiger partial charge in [0, 0.05) is 17.3 Å². The summed E-state index contributed by atoms with van der Waals surface area (Å²) in [6, 6.07) is 0. The van der Waals surface area contributed by atoms with Crippen molar-refractivity contribution in [2.75, 3.05) is 24.9 Å². The molecule has 0 saturated heterocycles. The van der Waals surface area contributed by atoms with E-state index >= 15 is 0 Å². The Bertz CT molecular complexity index is 200. The molecule has 0 amide bonds. The van der Waals surface area contributed by atoms with Gasteiger partial charge in [0.05, 0.1) is 11.8 Å². The Morgan fingerprint density at radius 3 is 2.67 bits per heavy atom. The minimum atomic E-state index is -0.760. The summed E-state index contributed by atoms with van der Waals surface area (Å²) in [5, 5.41) is 9.44. The van der Waals surface area contributed by atoms with E-state index in [0.717, 1.165) is 11.4 Å². The zero-order chi connectivity index (χ0) is 11.7. The minimum absolute atomic E-state index is 0.194. The molecule has 0 spiro atoms. The molecule has 15 heavy (non-hydrogen) atoms. The fourth-order valence-corrected chi connectivity index (χ4v) is 3.17. The fraction of sp³-hybridized carbons (Fsp3) is 0.778. The number of hydrogen-bond donors (Lipinski definition) is 1. The van der Waals surface area contributed by atoms with Gasteiger partial charge in [-0.3, -0.25) is 9.69 Å². The number of carboxylic acids is 1. The fourth-order valence-electron chi connectivity index (χ4n) is 0.855. The average Bonchev–Trinajstić information content (AvgIpc) is 2.15. The van der Waals surface area contributed by atoms with Crippen LogP contribution in [0.15, 0.2) is 0 Å². The quantitative estimate of drug-likeness (QED) is 0.379. The van der Waals surface area contributed by atoms with Crippen LogP contribution in [0.1, 0.15) is 12.8 Å². The molecule has 0 aliphatic rings. The maximum absolute atomic E-state index is 10.4. The summed E-state index contributed by atoms with van der Waals surface area (Å²) in [4.78, 5) is 22.6. The molecule has 1 unspecified atom stereocenters. The molecule has 0 radical (unpaired) electrons. The number of aldehydes is 1. The summed E-state index contributed by atoms with van der Waals surface area (Å²) in [5.74, 6) is -0.131. The molecule has 0 rings (SSSR count). The molecule has 4 nitrogen and oxygen atoms in total.